The molecule has 1 aliphatic rings. The summed E-state index contributed by atoms with van der Waals surface area (Å²) in [7, 11) is 1.56. The van der Waals surface area contributed by atoms with E-state index in [2.05, 4.69) is 0 Å². The smallest absolute Gasteiger partial charge is 0.327 e. The highest BCUT2D eigenvalue weighted by atomic mass is 32.2. The van der Waals surface area contributed by atoms with E-state index in [9.17, 15) is 14.7 Å². The molecule has 1 aromatic carbocycles. The van der Waals surface area contributed by atoms with Crippen LogP contribution in [-0.2, 0) is 4.79 Å². The van der Waals surface area contributed by atoms with E-state index in [4.69, 9.17) is 4.74 Å². The van der Waals surface area contributed by atoms with Gasteiger partial charge in [-0.25, -0.2) is 4.79 Å². The molecule has 2 atom stereocenters. The second kappa shape index (κ2) is 6.85. The summed E-state index contributed by atoms with van der Waals surface area (Å²) >= 11 is 1.54. The first kappa shape index (κ1) is 15.7. The average molecular weight is 309 g/mol. The molecule has 114 valence electrons. The van der Waals surface area contributed by atoms with E-state index in [1.165, 1.54) is 4.90 Å². The van der Waals surface area contributed by atoms with Crippen LogP contribution in [0.2, 0.25) is 0 Å². The van der Waals surface area contributed by atoms with Gasteiger partial charge in [0.1, 0.15) is 11.8 Å². The zero-order valence-corrected chi connectivity index (χ0v) is 12.9. The van der Waals surface area contributed by atoms with Gasteiger partial charge in [0.05, 0.1) is 12.5 Å². The Labute approximate surface area is 128 Å². The first-order valence-electron chi connectivity index (χ1n) is 6.89. The van der Waals surface area contributed by atoms with Crippen LogP contribution in [0.3, 0.4) is 0 Å². The fraction of sp³-hybridized carbons (Fsp3) is 0.467. The normalized spacial score (nSPS) is 21.3. The van der Waals surface area contributed by atoms with Crippen LogP contribution >= 0.6 is 11.8 Å². The molecule has 1 amide bonds. The third-order valence-electron chi connectivity index (χ3n) is 3.48. The van der Waals surface area contributed by atoms with E-state index in [1.54, 1.807) is 43.1 Å². The van der Waals surface area contributed by atoms with Gasteiger partial charge in [-0.1, -0.05) is 13.3 Å². The molecule has 0 aliphatic carbocycles. The molecule has 0 spiro atoms. The zero-order chi connectivity index (χ0) is 15.4. The molecule has 1 saturated heterocycles. The second-order valence-electron chi connectivity index (χ2n) is 4.87. The molecular weight excluding hydrogens is 290 g/mol. The van der Waals surface area contributed by atoms with Crippen LogP contribution in [0, 0.1) is 0 Å². The molecule has 1 aliphatic heterocycles. The van der Waals surface area contributed by atoms with Crippen LogP contribution < -0.4 is 4.74 Å². The Morgan fingerprint density at radius 1 is 1.38 bits per heavy atom. The fourth-order valence-electron chi connectivity index (χ4n) is 2.38. The molecule has 6 heteroatoms. The Morgan fingerprint density at radius 3 is 2.57 bits per heavy atom. The lowest BCUT2D eigenvalue weighted by molar-refractivity contribution is -0.141. The quantitative estimate of drug-likeness (QED) is 0.905. The predicted molar refractivity (Wildman–Crippen MR) is 81.7 cm³/mol. The van der Waals surface area contributed by atoms with Gasteiger partial charge in [0.25, 0.3) is 5.91 Å². The van der Waals surface area contributed by atoms with E-state index >= 15 is 0 Å². The largest absolute Gasteiger partial charge is 0.497 e. The van der Waals surface area contributed by atoms with Gasteiger partial charge in [0.15, 0.2) is 0 Å². The Balaban J connectivity index is 2.24. The standard InChI is InChI=1S/C15H19NO4S/c1-3-4-13-16(12(9-21-13)15(18)19)14(17)10-5-7-11(20-2)8-6-10/h5-8,12-13H,3-4,9H2,1-2H3,(H,18,19). The van der Waals surface area contributed by atoms with Crippen molar-refractivity contribution < 1.29 is 19.4 Å². The molecule has 1 N–H and O–H groups in total. The maximum Gasteiger partial charge on any atom is 0.327 e. The number of aliphatic carboxylic acids is 1. The number of ether oxygens (including phenoxy) is 1. The number of hydrogen-bond donors (Lipinski definition) is 1. The molecule has 0 bridgehead atoms. The number of methoxy groups -OCH3 is 1. The van der Waals surface area contributed by atoms with Crippen LogP contribution in [-0.4, -0.2) is 46.2 Å². The number of hydrogen-bond acceptors (Lipinski definition) is 4. The summed E-state index contributed by atoms with van der Waals surface area (Å²) in [5, 5.41) is 9.26. The molecule has 2 rings (SSSR count). The summed E-state index contributed by atoms with van der Waals surface area (Å²) in [6, 6.07) is 6.02. The van der Waals surface area contributed by atoms with Gasteiger partial charge in [-0.2, -0.15) is 0 Å². The monoisotopic (exact) mass is 309 g/mol. The molecule has 21 heavy (non-hydrogen) atoms. The molecular formula is C15H19NO4S. The number of carboxylic acid groups (broad SMARTS) is 1. The van der Waals surface area contributed by atoms with Crippen molar-refractivity contribution in [1.82, 2.24) is 4.90 Å². The number of amides is 1. The molecule has 1 fully saturated rings. The summed E-state index contributed by atoms with van der Waals surface area (Å²) in [4.78, 5) is 25.5. The van der Waals surface area contributed by atoms with Crippen LogP contribution in [0.15, 0.2) is 24.3 Å². The lowest BCUT2D eigenvalue weighted by Gasteiger charge is -2.27. The van der Waals surface area contributed by atoms with Crippen molar-refractivity contribution in [1.29, 1.82) is 0 Å². The van der Waals surface area contributed by atoms with Gasteiger partial charge < -0.3 is 14.7 Å². The molecule has 0 aromatic heterocycles. The number of nitrogens with zero attached hydrogens (tertiary/aromatic N) is 1. The first-order valence-corrected chi connectivity index (χ1v) is 7.94. The Kier molecular flexibility index (Phi) is 5.12. The third-order valence-corrected chi connectivity index (χ3v) is 4.84. The van der Waals surface area contributed by atoms with Crippen LogP contribution in [0.25, 0.3) is 0 Å². The molecule has 1 aromatic rings. The van der Waals surface area contributed by atoms with Gasteiger partial charge in [0.2, 0.25) is 0 Å². The molecule has 0 saturated carbocycles. The van der Waals surface area contributed by atoms with Crippen molar-refractivity contribution in [3.05, 3.63) is 29.8 Å². The minimum absolute atomic E-state index is 0.0642. The molecule has 0 radical (unpaired) electrons. The fourth-order valence-corrected chi connectivity index (χ4v) is 3.89. The molecule has 1 heterocycles. The minimum atomic E-state index is -0.942. The summed E-state index contributed by atoms with van der Waals surface area (Å²) in [6.07, 6.45) is 1.72. The SMILES string of the molecule is CCCC1SCC(C(=O)O)N1C(=O)c1ccc(OC)cc1. The maximum atomic E-state index is 12.7. The Morgan fingerprint density at radius 2 is 2.05 bits per heavy atom. The number of carbonyl (C=O) groups is 2. The highest BCUT2D eigenvalue weighted by Gasteiger charge is 2.41. The average Bonchev–Trinajstić information content (AvgIpc) is 2.91. The summed E-state index contributed by atoms with van der Waals surface area (Å²) < 4.78 is 5.07. The highest BCUT2D eigenvalue weighted by Crippen LogP contribution is 2.33. The van der Waals surface area contributed by atoms with Gasteiger partial charge in [-0.05, 0) is 30.7 Å². The van der Waals surface area contributed by atoms with Gasteiger partial charge in [0, 0.05) is 11.3 Å². The Hall–Kier alpha value is -1.69. The van der Waals surface area contributed by atoms with E-state index in [1.807, 2.05) is 6.92 Å². The summed E-state index contributed by atoms with van der Waals surface area (Å²) in [5.41, 5.74) is 0.491. The van der Waals surface area contributed by atoms with Crippen molar-refractivity contribution in [2.75, 3.05) is 12.9 Å². The number of carbonyl (C=O) groups excluding carboxylic acids is 1. The number of carboxylic acids is 1. The minimum Gasteiger partial charge on any atom is -0.497 e. The van der Waals surface area contributed by atoms with E-state index in [-0.39, 0.29) is 11.3 Å². The van der Waals surface area contributed by atoms with Crippen molar-refractivity contribution in [2.24, 2.45) is 0 Å². The van der Waals surface area contributed by atoms with E-state index in [0.717, 1.165) is 12.8 Å². The van der Waals surface area contributed by atoms with Crippen molar-refractivity contribution in [3.8, 4) is 5.75 Å². The predicted octanol–water partition coefficient (Wildman–Crippen LogP) is 2.46. The highest BCUT2D eigenvalue weighted by molar-refractivity contribution is 8.00. The van der Waals surface area contributed by atoms with Gasteiger partial charge in [-0.3, -0.25) is 4.79 Å². The lowest BCUT2D eigenvalue weighted by Crippen LogP contribution is -2.45. The summed E-state index contributed by atoms with van der Waals surface area (Å²) in [6.45, 7) is 2.03. The van der Waals surface area contributed by atoms with Crippen molar-refractivity contribution in [3.63, 3.8) is 0 Å². The lowest BCUT2D eigenvalue weighted by atomic mass is 10.1. The topological polar surface area (TPSA) is 66.8 Å². The number of benzene rings is 1. The van der Waals surface area contributed by atoms with E-state index < -0.39 is 12.0 Å². The molecule has 2 unspecified atom stereocenters. The maximum absolute atomic E-state index is 12.7. The number of thioether (sulfide) groups is 1. The number of rotatable bonds is 5. The van der Waals surface area contributed by atoms with Crippen LogP contribution in [0.5, 0.6) is 5.75 Å². The van der Waals surface area contributed by atoms with E-state index in [0.29, 0.717) is 17.1 Å². The molecule has 5 nitrogen and oxygen atoms in total. The van der Waals surface area contributed by atoms with Crippen molar-refractivity contribution >= 4 is 23.6 Å². The van der Waals surface area contributed by atoms with Gasteiger partial charge >= 0.3 is 5.97 Å². The van der Waals surface area contributed by atoms with Gasteiger partial charge in [-0.15, -0.1) is 11.8 Å². The van der Waals surface area contributed by atoms with Crippen LogP contribution in [0.4, 0.5) is 0 Å². The third kappa shape index (κ3) is 3.32. The zero-order valence-electron chi connectivity index (χ0n) is 12.1. The first-order chi connectivity index (χ1) is 10.1. The van der Waals surface area contributed by atoms with Crippen molar-refractivity contribution in [2.45, 2.75) is 31.2 Å². The Bertz CT molecular complexity index is 517. The van der Waals surface area contributed by atoms with Crippen LogP contribution in [0.1, 0.15) is 30.1 Å². The summed E-state index contributed by atoms with van der Waals surface area (Å²) in [5.74, 6) is -0.0549. The second-order valence-corrected chi connectivity index (χ2v) is 6.08.